The molecular weight excluding hydrogens is 290 g/mol. The zero-order valence-electron chi connectivity index (χ0n) is 14.2. The van der Waals surface area contributed by atoms with E-state index >= 15 is 0 Å². The van der Waals surface area contributed by atoms with Gasteiger partial charge < -0.3 is 4.90 Å². The lowest BCUT2D eigenvalue weighted by atomic mass is 9.49. The minimum atomic E-state index is -0.210. The van der Waals surface area contributed by atoms with E-state index in [9.17, 15) is 9.59 Å². The van der Waals surface area contributed by atoms with Gasteiger partial charge in [-0.2, -0.15) is 5.10 Å². The van der Waals surface area contributed by atoms with Gasteiger partial charge in [0.05, 0.1) is 6.21 Å². The van der Waals surface area contributed by atoms with Crippen molar-refractivity contribution < 1.29 is 9.59 Å². The molecule has 2 unspecified atom stereocenters. The number of hydrogen-bond acceptors (Lipinski definition) is 3. The standard InChI is InChI=1S/C18H27N3O2/c1-18(2)14-8-7-13(15(18)10-14)11-19-20-16(22)12-21-9-5-3-4-6-17(21)23/h7,11,14-15H,3-6,8-10,12H2,1-2H3,(H,20,22). The van der Waals surface area contributed by atoms with Gasteiger partial charge in [0.15, 0.2) is 0 Å². The molecule has 1 saturated carbocycles. The van der Waals surface area contributed by atoms with Gasteiger partial charge in [0.1, 0.15) is 6.54 Å². The number of fused-ring (bicyclic) bond motifs is 1. The third kappa shape index (κ3) is 3.33. The molecule has 5 nitrogen and oxygen atoms in total. The quantitative estimate of drug-likeness (QED) is 0.639. The number of nitrogens with one attached hydrogen (secondary N) is 1. The molecule has 0 aromatic heterocycles. The number of carbonyl (C=O) groups is 2. The number of carbonyl (C=O) groups excluding carboxylic acids is 2. The van der Waals surface area contributed by atoms with Crippen molar-refractivity contribution in [3.63, 3.8) is 0 Å². The van der Waals surface area contributed by atoms with E-state index in [1.807, 2.05) is 0 Å². The fourth-order valence-corrected chi connectivity index (χ4v) is 4.14. The topological polar surface area (TPSA) is 61.8 Å². The minimum Gasteiger partial charge on any atom is -0.333 e. The van der Waals surface area contributed by atoms with Gasteiger partial charge in [0.2, 0.25) is 5.91 Å². The van der Waals surface area contributed by atoms with E-state index in [1.165, 1.54) is 12.0 Å². The van der Waals surface area contributed by atoms with Crippen LogP contribution < -0.4 is 5.43 Å². The van der Waals surface area contributed by atoms with Crippen molar-refractivity contribution in [1.82, 2.24) is 10.3 Å². The Kier molecular flexibility index (Phi) is 4.55. The Morgan fingerprint density at radius 3 is 3.00 bits per heavy atom. The predicted octanol–water partition coefficient (Wildman–Crippen LogP) is 2.48. The molecule has 4 rings (SSSR count). The summed E-state index contributed by atoms with van der Waals surface area (Å²) in [5.41, 5.74) is 4.18. The summed E-state index contributed by atoms with van der Waals surface area (Å²) in [6, 6.07) is 0. The molecule has 1 aliphatic heterocycles. The number of likely N-dealkylation sites (tertiary alicyclic amines) is 1. The molecule has 2 amide bonds. The maximum absolute atomic E-state index is 12.0. The van der Waals surface area contributed by atoms with Crippen molar-refractivity contribution in [3.05, 3.63) is 11.6 Å². The largest absolute Gasteiger partial charge is 0.333 e. The highest BCUT2D eigenvalue weighted by atomic mass is 16.2. The van der Waals surface area contributed by atoms with Crippen molar-refractivity contribution >= 4 is 18.0 Å². The first-order valence-electron chi connectivity index (χ1n) is 8.78. The van der Waals surface area contributed by atoms with Crippen molar-refractivity contribution in [3.8, 4) is 0 Å². The predicted molar refractivity (Wildman–Crippen MR) is 89.8 cm³/mol. The Bertz CT molecular complexity index is 550. The van der Waals surface area contributed by atoms with E-state index in [0.717, 1.165) is 31.6 Å². The zero-order valence-corrected chi connectivity index (χ0v) is 14.2. The first-order chi connectivity index (χ1) is 11.0. The number of rotatable bonds is 4. The number of nitrogens with zero attached hydrogens (tertiary/aromatic N) is 2. The van der Waals surface area contributed by atoms with Crippen LogP contribution in [0.25, 0.3) is 0 Å². The molecular formula is C18H27N3O2. The van der Waals surface area contributed by atoms with Crippen LogP contribution in [0.2, 0.25) is 0 Å². The molecule has 0 spiro atoms. The van der Waals surface area contributed by atoms with Crippen molar-refractivity contribution in [2.45, 2.75) is 52.4 Å². The summed E-state index contributed by atoms with van der Waals surface area (Å²) in [6.45, 7) is 5.43. The van der Waals surface area contributed by atoms with Gasteiger partial charge in [-0.3, -0.25) is 9.59 Å². The summed E-state index contributed by atoms with van der Waals surface area (Å²) in [7, 11) is 0. The molecule has 5 heteroatoms. The van der Waals surface area contributed by atoms with E-state index in [2.05, 4.69) is 30.5 Å². The van der Waals surface area contributed by atoms with Crippen LogP contribution in [-0.2, 0) is 9.59 Å². The zero-order chi connectivity index (χ0) is 16.4. The average Bonchev–Trinajstić information content (AvgIpc) is 2.72. The average molecular weight is 317 g/mol. The van der Waals surface area contributed by atoms with Gasteiger partial charge >= 0.3 is 0 Å². The highest BCUT2D eigenvalue weighted by Crippen LogP contribution is 2.58. The first-order valence-corrected chi connectivity index (χ1v) is 8.78. The van der Waals surface area contributed by atoms with Crippen LogP contribution in [0.3, 0.4) is 0 Å². The van der Waals surface area contributed by atoms with E-state index in [-0.39, 0.29) is 18.4 Å². The molecule has 2 bridgehead atoms. The number of amides is 2. The summed E-state index contributed by atoms with van der Waals surface area (Å²) < 4.78 is 0. The van der Waals surface area contributed by atoms with E-state index in [1.54, 1.807) is 11.1 Å². The number of hydrogen-bond donors (Lipinski definition) is 1. The molecule has 0 aromatic rings. The van der Waals surface area contributed by atoms with Crippen LogP contribution in [0.15, 0.2) is 16.8 Å². The molecule has 2 fully saturated rings. The highest BCUT2D eigenvalue weighted by Gasteiger charge is 2.50. The lowest BCUT2D eigenvalue weighted by molar-refractivity contribution is -0.135. The van der Waals surface area contributed by atoms with E-state index in [4.69, 9.17) is 0 Å². The lowest BCUT2D eigenvalue weighted by Crippen LogP contribution is -2.48. The Morgan fingerprint density at radius 2 is 2.26 bits per heavy atom. The van der Waals surface area contributed by atoms with Gasteiger partial charge in [0.25, 0.3) is 5.91 Å². The first kappa shape index (κ1) is 16.2. The molecule has 126 valence electrons. The van der Waals surface area contributed by atoms with E-state index < -0.39 is 0 Å². The molecule has 3 aliphatic carbocycles. The Labute approximate surface area is 138 Å². The lowest BCUT2D eigenvalue weighted by Gasteiger charge is -2.55. The van der Waals surface area contributed by atoms with Crippen molar-refractivity contribution in [1.29, 1.82) is 0 Å². The van der Waals surface area contributed by atoms with Gasteiger partial charge in [-0.05, 0) is 48.5 Å². The maximum atomic E-state index is 12.0. The van der Waals surface area contributed by atoms with Crippen LogP contribution >= 0.6 is 0 Å². The van der Waals surface area contributed by atoms with Gasteiger partial charge in [-0.25, -0.2) is 5.43 Å². The molecule has 2 atom stereocenters. The SMILES string of the molecule is CC1(C)C2CC=C(C=NNC(=O)CN3CCCCCC3=O)C1C2. The molecule has 0 aromatic carbocycles. The monoisotopic (exact) mass is 317 g/mol. The van der Waals surface area contributed by atoms with E-state index in [0.29, 0.717) is 24.3 Å². The van der Waals surface area contributed by atoms with Crippen LogP contribution in [0.1, 0.15) is 52.4 Å². The summed E-state index contributed by atoms with van der Waals surface area (Å²) in [6.07, 6.45) is 9.92. The van der Waals surface area contributed by atoms with Crippen LogP contribution in [0, 0.1) is 17.3 Å². The summed E-state index contributed by atoms with van der Waals surface area (Å²) >= 11 is 0. The molecule has 1 heterocycles. The number of allylic oxidation sites excluding steroid dienone is 2. The number of hydrazone groups is 1. The third-order valence-corrected chi connectivity index (χ3v) is 5.92. The van der Waals surface area contributed by atoms with Crippen molar-refractivity contribution in [2.24, 2.45) is 22.4 Å². The maximum Gasteiger partial charge on any atom is 0.259 e. The fraction of sp³-hybridized carbons (Fsp3) is 0.722. The normalized spacial score (nSPS) is 29.7. The summed E-state index contributed by atoms with van der Waals surface area (Å²) in [5, 5.41) is 4.12. The molecule has 1 saturated heterocycles. The second-order valence-corrected chi connectivity index (χ2v) is 7.67. The van der Waals surface area contributed by atoms with Crippen LogP contribution in [0.5, 0.6) is 0 Å². The molecule has 0 radical (unpaired) electrons. The van der Waals surface area contributed by atoms with Gasteiger partial charge in [0, 0.05) is 13.0 Å². The Morgan fingerprint density at radius 1 is 1.43 bits per heavy atom. The van der Waals surface area contributed by atoms with Crippen LogP contribution in [-0.4, -0.2) is 36.0 Å². The minimum absolute atomic E-state index is 0.0823. The summed E-state index contributed by atoms with van der Waals surface area (Å²) in [5.74, 6) is 1.24. The van der Waals surface area contributed by atoms with Crippen molar-refractivity contribution in [2.75, 3.05) is 13.1 Å². The smallest absolute Gasteiger partial charge is 0.259 e. The molecule has 4 aliphatic rings. The Hall–Kier alpha value is -1.65. The molecule has 1 N–H and O–H groups in total. The Balaban J connectivity index is 1.49. The fourth-order valence-electron chi connectivity index (χ4n) is 4.14. The highest BCUT2D eigenvalue weighted by molar-refractivity contribution is 5.86. The summed E-state index contributed by atoms with van der Waals surface area (Å²) in [4.78, 5) is 25.5. The van der Waals surface area contributed by atoms with Crippen LogP contribution in [0.4, 0.5) is 0 Å². The van der Waals surface area contributed by atoms with Gasteiger partial charge in [-0.15, -0.1) is 0 Å². The second kappa shape index (κ2) is 6.46. The third-order valence-electron chi connectivity index (χ3n) is 5.92. The second-order valence-electron chi connectivity index (χ2n) is 7.67. The molecule has 23 heavy (non-hydrogen) atoms. The van der Waals surface area contributed by atoms with Gasteiger partial charge in [-0.1, -0.05) is 26.3 Å².